The van der Waals surface area contributed by atoms with Gasteiger partial charge in [-0.05, 0) is 70.4 Å². The summed E-state index contributed by atoms with van der Waals surface area (Å²) in [7, 11) is -2.05. The highest BCUT2D eigenvalue weighted by molar-refractivity contribution is 7.93. The fourth-order valence-electron chi connectivity index (χ4n) is 7.34. The second-order valence-electron chi connectivity index (χ2n) is 17.3. The van der Waals surface area contributed by atoms with Crippen LogP contribution in [0, 0.1) is 17.3 Å². The van der Waals surface area contributed by atoms with Crippen LogP contribution in [0.5, 0.6) is 11.5 Å². The molecule has 12 nitrogen and oxygen atoms in total. The van der Waals surface area contributed by atoms with Gasteiger partial charge < -0.3 is 24.4 Å². The molecule has 1 aromatic carbocycles. The summed E-state index contributed by atoms with van der Waals surface area (Å²) in [6.45, 7) is 14.7. The first-order valence-electron chi connectivity index (χ1n) is 18.6. The van der Waals surface area contributed by atoms with Gasteiger partial charge in [-0.3, -0.25) is 24.2 Å². The number of carbonyl (C=O) groups is 4. The Morgan fingerprint density at radius 3 is 2.34 bits per heavy atom. The summed E-state index contributed by atoms with van der Waals surface area (Å²) in [4.78, 5) is 62.1. The Labute approximate surface area is 312 Å². The molecule has 13 heteroatoms. The average Bonchev–Trinajstić information content (AvgIpc) is 3.94. The molecule has 3 aliphatic carbocycles. The lowest BCUT2D eigenvalue weighted by Gasteiger charge is -2.35. The third-order valence-corrected chi connectivity index (χ3v) is 12.9. The number of aromatic nitrogens is 1. The third-order valence-electron chi connectivity index (χ3n) is 10.8. The van der Waals surface area contributed by atoms with Gasteiger partial charge in [0.25, 0.3) is 0 Å². The van der Waals surface area contributed by atoms with E-state index < -0.39 is 84.9 Å². The van der Waals surface area contributed by atoms with Crippen LogP contribution >= 0.6 is 0 Å². The van der Waals surface area contributed by atoms with E-state index in [1.54, 1.807) is 34.0 Å². The highest BCUT2D eigenvalue weighted by atomic mass is 32.2. The van der Waals surface area contributed by atoms with Gasteiger partial charge in [-0.15, -0.1) is 6.58 Å². The SMILES string of the molecule is C=C[C@@H]1C[C@]1(NC(=O)[C@@H]1C[C@@H](Oc2cc(C3CC3)nc3cc(OC)ccc23)CN1C(=O)[C@@H](CC(=O)OC(C)(C)C)C(C)(C)C)C(=O)CS(=O)(=O)C1CC1. The standard InChI is InChI=1S/C40H53N3O9S/c1-9-24-20-40(24,34(44)22-53(48,49)27-13-14-27)42-36(46)32-17-26(21-43(32)37(47)29(38(2,3)4)18-35(45)52-39(5,6)7)51-33-19-30(23-10-11-23)41-31-16-25(50-8)12-15-28(31)33/h9,12,15-16,19,23-24,26-27,29,32H,1,10-11,13-14,17-18,20-22H2,2-8H3,(H,42,46)/t24-,26-,29-,32+,40-/m1/s1. The van der Waals surface area contributed by atoms with Crippen LogP contribution in [0.2, 0.25) is 0 Å². The van der Waals surface area contributed by atoms with Crippen LogP contribution in [-0.4, -0.2) is 89.8 Å². The lowest BCUT2D eigenvalue weighted by molar-refractivity contribution is -0.161. The molecule has 4 aliphatic rings. The minimum absolute atomic E-state index is 0.0401. The number of hydrogen-bond donors (Lipinski definition) is 1. The molecule has 1 aromatic heterocycles. The van der Waals surface area contributed by atoms with Crippen molar-refractivity contribution < 1.29 is 41.8 Å². The number of likely N-dealkylation sites (tertiary alicyclic amines) is 1. The molecule has 53 heavy (non-hydrogen) atoms. The Bertz CT molecular complexity index is 1920. The van der Waals surface area contributed by atoms with Crippen molar-refractivity contribution in [1.82, 2.24) is 15.2 Å². The number of rotatable bonds is 14. The van der Waals surface area contributed by atoms with Crippen LogP contribution < -0.4 is 14.8 Å². The van der Waals surface area contributed by atoms with Crippen molar-refractivity contribution >= 4 is 44.3 Å². The number of esters is 1. The summed E-state index contributed by atoms with van der Waals surface area (Å²) >= 11 is 0. The van der Waals surface area contributed by atoms with Gasteiger partial charge in [-0.25, -0.2) is 8.42 Å². The molecule has 6 rings (SSSR count). The van der Waals surface area contributed by atoms with Gasteiger partial charge >= 0.3 is 5.97 Å². The van der Waals surface area contributed by atoms with Gasteiger partial charge in [0.05, 0.1) is 36.8 Å². The molecule has 0 radical (unpaired) electrons. The molecule has 2 heterocycles. The number of hydrogen-bond acceptors (Lipinski definition) is 10. The molecule has 3 saturated carbocycles. The van der Waals surface area contributed by atoms with E-state index >= 15 is 0 Å². The van der Waals surface area contributed by atoms with Crippen molar-refractivity contribution in [1.29, 1.82) is 0 Å². The number of ketones is 1. The second-order valence-corrected chi connectivity index (χ2v) is 19.6. The zero-order chi connectivity index (χ0) is 38.7. The number of nitrogens with one attached hydrogen (secondary N) is 1. The number of sulfone groups is 1. The highest BCUT2D eigenvalue weighted by Gasteiger charge is 2.61. The van der Waals surface area contributed by atoms with Crippen LogP contribution in [0.25, 0.3) is 10.9 Å². The van der Waals surface area contributed by atoms with Crippen LogP contribution in [0.3, 0.4) is 0 Å². The normalized spacial score (nSPS) is 25.0. The fraction of sp³-hybridized carbons (Fsp3) is 0.625. The summed E-state index contributed by atoms with van der Waals surface area (Å²) in [5.41, 5.74) is -1.26. The summed E-state index contributed by atoms with van der Waals surface area (Å²) in [5.74, 6) is -2.50. The molecule has 0 unspecified atom stereocenters. The molecule has 0 spiro atoms. The van der Waals surface area contributed by atoms with Crippen LogP contribution in [0.1, 0.15) is 98.1 Å². The first-order valence-corrected chi connectivity index (χ1v) is 20.3. The van der Waals surface area contributed by atoms with E-state index in [1.165, 1.54) is 4.90 Å². The largest absolute Gasteiger partial charge is 0.497 e. The average molecular weight is 752 g/mol. The molecule has 1 saturated heterocycles. The van der Waals surface area contributed by atoms with E-state index in [1.807, 2.05) is 45.0 Å². The number of Topliss-reactive ketones (excluding diaryl/α,β-unsaturated/α-hetero) is 1. The van der Waals surface area contributed by atoms with Crippen LogP contribution in [0.4, 0.5) is 0 Å². The molecular weight excluding hydrogens is 699 g/mol. The molecule has 0 bridgehead atoms. The van der Waals surface area contributed by atoms with Gasteiger partial charge in [0, 0.05) is 41.5 Å². The maximum atomic E-state index is 14.6. The van der Waals surface area contributed by atoms with Crippen molar-refractivity contribution in [2.24, 2.45) is 17.3 Å². The van der Waals surface area contributed by atoms with Gasteiger partial charge in [0.2, 0.25) is 11.8 Å². The minimum Gasteiger partial charge on any atom is -0.497 e. The van der Waals surface area contributed by atoms with Gasteiger partial charge in [-0.1, -0.05) is 26.8 Å². The van der Waals surface area contributed by atoms with Crippen LogP contribution in [0.15, 0.2) is 36.9 Å². The number of nitrogens with zero attached hydrogens (tertiary/aromatic N) is 2. The minimum atomic E-state index is -3.64. The Morgan fingerprint density at radius 1 is 1.08 bits per heavy atom. The smallest absolute Gasteiger partial charge is 0.307 e. The Hall–Kier alpha value is -4.00. The maximum Gasteiger partial charge on any atom is 0.307 e. The first kappa shape index (κ1) is 38.7. The Balaban J connectivity index is 1.31. The van der Waals surface area contributed by atoms with Crippen molar-refractivity contribution in [3.05, 3.63) is 42.6 Å². The summed E-state index contributed by atoms with van der Waals surface area (Å²) in [6.07, 6.45) is 4.16. The number of carbonyl (C=O) groups excluding carboxylic acids is 4. The summed E-state index contributed by atoms with van der Waals surface area (Å²) in [6, 6.07) is 6.41. The number of ether oxygens (including phenoxy) is 3. The molecular formula is C40H53N3O9S. The van der Waals surface area contributed by atoms with Crippen molar-refractivity contribution in [3.8, 4) is 11.5 Å². The van der Waals surface area contributed by atoms with Gasteiger partial charge in [0.1, 0.15) is 40.5 Å². The van der Waals surface area contributed by atoms with E-state index in [0.29, 0.717) is 35.8 Å². The van der Waals surface area contributed by atoms with E-state index in [4.69, 9.17) is 19.2 Å². The van der Waals surface area contributed by atoms with Crippen LogP contribution in [-0.2, 0) is 33.8 Å². The molecule has 5 atom stereocenters. The van der Waals surface area contributed by atoms with E-state index in [-0.39, 0.29) is 25.8 Å². The van der Waals surface area contributed by atoms with E-state index in [0.717, 1.165) is 23.9 Å². The lowest BCUT2D eigenvalue weighted by atomic mass is 9.77. The molecule has 288 valence electrons. The predicted octanol–water partition coefficient (Wildman–Crippen LogP) is 5.07. The van der Waals surface area contributed by atoms with Gasteiger partial charge in [0.15, 0.2) is 15.6 Å². The maximum absolute atomic E-state index is 14.6. The highest BCUT2D eigenvalue weighted by Crippen LogP contribution is 2.47. The molecule has 2 amide bonds. The molecule has 4 fully saturated rings. The number of benzene rings is 1. The fourth-order valence-corrected chi connectivity index (χ4v) is 9.06. The van der Waals surface area contributed by atoms with Crippen molar-refractivity contribution in [2.45, 2.75) is 121 Å². The summed E-state index contributed by atoms with van der Waals surface area (Å²) < 4.78 is 43.4. The number of pyridine rings is 1. The predicted molar refractivity (Wildman–Crippen MR) is 199 cm³/mol. The topological polar surface area (TPSA) is 158 Å². The number of amides is 2. The van der Waals surface area contributed by atoms with Crippen molar-refractivity contribution in [2.75, 3.05) is 19.4 Å². The monoisotopic (exact) mass is 751 g/mol. The number of fused-ring (bicyclic) bond motifs is 1. The zero-order valence-corrected chi connectivity index (χ0v) is 32.7. The van der Waals surface area contributed by atoms with E-state index in [9.17, 15) is 27.6 Å². The Kier molecular flexibility index (Phi) is 10.2. The quantitative estimate of drug-likeness (QED) is 0.204. The van der Waals surface area contributed by atoms with Crippen molar-refractivity contribution in [3.63, 3.8) is 0 Å². The van der Waals surface area contributed by atoms with Gasteiger partial charge in [-0.2, -0.15) is 0 Å². The molecule has 2 aromatic rings. The first-order chi connectivity index (χ1) is 24.7. The third kappa shape index (κ3) is 8.55. The Morgan fingerprint density at radius 2 is 1.77 bits per heavy atom. The molecule has 1 aliphatic heterocycles. The lowest BCUT2D eigenvalue weighted by Crippen LogP contribution is -2.55. The molecule has 1 N–H and O–H groups in total. The number of methoxy groups -OCH3 is 1. The van der Waals surface area contributed by atoms with E-state index in [2.05, 4.69) is 11.9 Å². The summed E-state index contributed by atoms with van der Waals surface area (Å²) in [5, 5.41) is 3.13. The second kappa shape index (κ2) is 14.0. The zero-order valence-electron chi connectivity index (χ0n) is 31.9.